The van der Waals surface area contributed by atoms with Crippen LogP contribution in [0.4, 0.5) is 27.4 Å². The molecule has 0 saturated heterocycles. The van der Waals surface area contributed by atoms with Crippen molar-refractivity contribution in [3.63, 3.8) is 0 Å². The van der Waals surface area contributed by atoms with E-state index in [9.17, 15) is 4.39 Å². The van der Waals surface area contributed by atoms with Gasteiger partial charge >= 0.3 is 0 Å². The van der Waals surface area contributed by atoms with E-state index in [1.165, 1.54) is 0 Å². The number of nitrogens with two attached hydrogens (primary N) is 2. The van der Waals surface area contributed by atoms with Gasteiger partial charge in [-0.05, 0) is 49.4 Å². The third-order valence-corrected chi connectivity index (χ3v) is 4.26. The smallest absolute Gasteiger partial charge is 0.239 e. The molecule has 5 N–H and O–H groups in total. The minimum absolute atomic E-state index is 0.0437. The topological polar surface area (TPSA) is 117 Å². The van der Waals surface area contributed by atoms with Crippen LogP contribution in [0.2, 0.25) is 0 Å². The second-order valence-electron chi connectivity index (χ2n) is 6.17. The van der Waals surface area contributed by atoms with Gasteiger partial charge in [-0.3, -0.25) is 4.57 Å². The van der Waals surface area contributed by atoms with Crippen LogP contribution < -0.4 is 21.5 Å². The number of aryl methyl sites for hydroxylation is 1. The number of benzene rings is 2. The Morgan fingerprint density at radius 1 is 1.04 bits per heavy atom. The van der Waals surface area contributed by atoms with Crippen LogP contribution >= 0.6 is 0 Å². The number of ether oxygens (including phenoxy) is 1. The molecule has 0 amide bonds. The molecule has 0 fully saturated rings. The van der Waals surface area contributed by atoms with Gasteiger partial charge in [-0.25, -0.2) is 4.98 Å². The first-order valence-corrected chi connectivity index (χ1v) is 8.45. The van der Waals surface area contributed by atoms with E-state index in [2.05, 4.69) is 20.3 Å². The van der Waals surface area contributed by atoms with Crippen LogP contribution in [0, 0.1) is 12.7 Å². The Bertz CT molecular complexity index is 1170. The first kappa shape index (κ1) is 17.5. The number of imidazole rings is 1. The minimum atomic E-state index is -0.735. The van der Waals surface area contributed by atoms with Gasteiger partial charge < -0.3 is 21.5 Å². The number of rotatable bonds is 4. The van der Waals surface area contributed by atoms with Crippen LogP contribution in [0.3, 0.4) is 0 Å². The lowest BCUT2D eigenvalue weighted by Crippen LogP contribution is -2.10. The van der Waals surface area contributed by atoms with E-state index in [-0.39, 0.29) is 17.6 Å². The zero-order chi connectivity index (χ0) is 19.8. The summed E-state index contributed by atoms with van der Waals surface area (Å²) in [6, 6.07) is 12.3. The molecule has 2 aromatic carbocycles. The summed E-state index contributed by atoms with van der Waals surface area (Å²) in [5.74, 6) is 0.458. The molecular weight excluding hydrogens is 361 g/mol. The molecule has 4 rings (SSSR count). The average Bonchev–Trinajstić information content (AvgIpc) is 3.01. The summed E-state index contributed by atoms with van der Waals surface area (Å²) in [6.07, 6.45) is 0. The lowest BCUT2D eigenvalue weighted by molar-refractivity contribution is 0.415. The van der Waals surface area contributed by atoms with E-state index in [0.29, 0.717) is 28.5 Å². The zero-order valence-corrected chi connectivity index (χ0v) is 15.3. The van der Waals surface area contributed by atoms with Gasteiger partial charge in [-0.1, -0.05) is 0 Å². The summed E-state index contributed by atoms with van der Waals surface area (Å²) >= 11 is 0. The van der Waals surface area contributed by atoms with Crippen molar-refractivity contribution in [2.24, 2.45) is 0 Å². The Morgan fingerprint density at radius 3 is 2.50 bits per heavy atom. The van der Waals surface area contributed by atoms with E-state index in [4.69, 9.17) is 16.2 Å². The molecule has 8 nitrogen and oxygen atoms in total. The van der Waals surface area contributed by atoms with Crippen molar-refractivity contribution < 1.29 is 9.13 Å². The third kappa shape index (κ3) is 3.02. The molecule has 28 heavy (non-hydrogen) atoms. The van der Waals surface area contributed by atoms with Crippen molar-refractivity contribution in [2.45, 2.75) is 6.92 Å². The van der Waals surface area contributed by atoms with E-state index in [1.54, 1.807) is 61.1 Å². The number of methoxy groups -OCH3 is 1. The summed E-state index contributed by atoms with van der Waals surface area (Å²) in [5.41, 5.74) is 14.3. The molecule has 0 atom stereocenters. The van der Waals surface area contributed by atoms with Gasteiger partial charge in [-0.15, -0.1) is 0 Å². The number of nitrogens with one attached hydrogen (secondary N) is 1. The Balaban J connectivity index is 1.81. The summed E-state index contributed by atoms with van der Waals surface area (Å²) in [6.45, 7) is 1.80. The monoisotopic (exact) mass is 379 g/mol. The second kappa shape index (κ2) is 6.69. The first-order chi connectivity index (χ1) is 13.5. The maximum absolute atomic E-state index is 14.6. The SMILES string of the molecule is COc1ccc(Nc2nc(-n3c(C)nc4ccc(N)cc43)nc(N)c2F)cc1. The largest absolute Gasteiger partial charge is 0.497 e. The Hall–Kier alpha value is -3.88. The molecule has 4 aromatic rings. The number of halogens is 1. The molecule has 0 aliphatic heterocycles. The van der Waals surface area contributed by atoms with E-state index < -0.39 is 5.82 Å². The van der Waals surface area contributed by atoms with Crippen molar-refractivity contribution >= 4 is 34.0 Å². The summed E-state index contributed by atoms with van der Waals surface area (Å²) in [7, 11) is 1.57. The predicted octanol–water partition coefficient (Wildman–Crippen LogP) is 3.18. The van der Waals surface area contributed by atoms with Crippen LogP contribution in [0.5, 0.6) is 5.75 Å². The molecule has 0 radical (unpaired) electrons. The van der Waals surface area contributed by atoms with E-state index in [1.807, 2.05) is 0 Å². The number of hydrogen-bond donors (Lipinski definition) is 3. The molecule has 0 aliphatic rings. The molecule has 2 heterocycles. The molecule has 2 aromatic heterocycles. The highest BCUT2D eigenvalue weighted by atomic mass is 19.1. The highest BCUT2D eigenvalue weighted by Crippen LogP contribution is 2.27. The Labute approximate surface area is 160 Å². The fourth-order valence-electron chi connectivity index (χ4n) is 2.91. The predicted molar refractivity (Wildman–Crippen MR) is 106 cm³/mol. The van der Waals surface area contributed by atoms with Crippen LogP contribution in [-0.2, 0) is 0 Å². The van der Waals surface area contributed by atoms with Gasteiger partial charge in [0.15, 0.2) is 11.6 Å². The molecule has 0 saturated carbocycles. The van der Waals surface area contributed by atoms with E-state index in [0.717, 1.165) is 5.52 Å². The fraction of sp³-hybridized carbons (Fsp3) is 0.105. The first-order valence-electron chi connectivity index (χ1n) is 8.45. The second-order valence-corrected chi connectivity index (χ2v) is 6.17. The molecule has 9 heteroatoms. The minimum Gasteiger partial charge on any atom is -0.497 e. The maximum atomic E-state index is 14.6. The highest BCUT2D eigenvalue weighted by Gasteiger charge is 2.17. The molecule has 142 valence electrons. The van der Waals surface area contributed by atoms with Crippen molar-refractivity contribution in [3.05, 3.63) is 54.1 Å². The quantitative estimate of drug-likeness (QED) is 0.466. The molecule has 0 unspecified atom stereocenters. The number of nitrogen functional groups attached to an aromatic ring is 2. The normalized spacial score (nSPS) is 11.0. The summed E-state index contributed by atoms with van der Waals surface area (Å²) in [4.78, 5) is 12.9. The van der Waals surface area contributed by atoms with Crippen molar-refractivity contribution in [1.82, 2.24) is 19.5 Å². The number of hydrogen-bond acceptors (Lipinski definition) is 7. The van der Waals surface area contributed by atoms with Crippen LogP contribution in [-0.4, -0.2) is 26.6 Å². The third-order valence-electron chi connectivity index (χ3n) is 4.26. The van der Waals surface area contributed by atoms with Gasteiger partial charge in [0, 0.05) is 11.4 Å². The number of nitrogens with zero attached hydrogens (tertiary/aromatic N) is 4. The average molecular weight is 379 g/mol. The molecule has 0 bridgehead atoms. The Morgan fingerprint density at radius 2 is 1.79 bits per heavy atom. The van der Waals surface area contributed by atoms with Crippen LogP contribution in [0.15, 0.2) is 42.5 Å². The van der Waals surface area contributed by atoms with Gasteiger partial charge in [0.05, 0.1) is 18.1 Å². The number of aromatic nitrogens is 4. The van der Waals surface area contributed by atoms with E-state index >= 15 is 0 Å². The lowest BCUT2D eigenvalue weighted by atomic mass is 10.3. The summed E-state index contributed by atoms with van der Waals surface area (Å²) in [5, 5.41) is 2.93. The maximum Gasteiger partial charge on any atom is 0.239 e. The molecule has 0 aliphatic carbocycles. The van der Waals surface area contributed by atoms with Crippen molar-refractivity contribution in [1.29, 1.82) is 0 Å². The lowest BCUT2D eigenvalue weighted by Gasteiger charge is -2.12. The zero-order valence-electron chi connectivity index (χ0n) is 15.3. The molecule has 0 spiro atoms. The fourth-order valence-corrected chi connectivity index (χ4v) is 2.91. The van der Waals surface area contributed by atoms with Gasteiger partial charge in [-0.2, -0.15) is 14.4 Å². The van der Waals surface area contributed by atoms with Crippen LogP contribution in [0.25, 0.3) is 17.0 Å². The van der Waals surface area contributed by atoms with Crippen LogP contribution in [0.1, 0.15) is 5.82 Å². The van der Waals surface area contributed by atoms with Gasteiger partial charge in [0.2, 0.25) is 11.8 Å². The number of fused-ring (bicyclic) bond motifs is 1. The standard InChI is InChI=1S/C19H18FN7O/c1-10-23-14-8-3-11(21)9-15(14)27(10)19-25-17(22)16(20)18(26-19)24-12-4-6-13(28-2)7-5-12/h3-9H,21H2,1-2H3,(H3,22,24,25,26). The molecular formula is C19H18FN7O. The highest BCUT2D eigenvalue weighted by molar-refractivity contribution is 5.81. The van der Waals surface area contributed by atoms with Crippen molar-refractivity contribution in [3.8, 4) is 11.7 Å². The van der Waals surface area contributed by atoms with Gasteiger partial charge in [0.1, 0.15) is 11.6 Å². The summed E-state index contributed by atoms with van der Waals surface area (Å²) < 4.78 is 21.4. The van der Waals surface area contributed by atoms with Crippen molar-refractivity contribution in [2.75, 3.05) is 23.9 Å². The number of anilines is 4. The van der Waals surface area contributed by atoms with Gasteiger partial charge in [0.25, 0.3) is 0 Å². The Kier molecular flexibility index (Phi) is 4.19.